The zero-order valence-corrected chi connectivity index (χ0v) is 12.7. The molecular formula is C17H12F4N2O2. The monoisotopic (exact) mass is 352 g/mol. The van der Waals surface area contributed by atoms with Crippen LogP contribution in [0.4, 0.5) is 17.6 Å². The Morgan fingerprint density at radius 3 is 2.28 bits per heavy atom. The molecular weight excluding hydrogens is 340 g/mol. The molecule has 1 unspecified atom stereocenters. The van der Waals surface area contributed by atoms with Crippen LogP contribution in [0.5, 0.6) is 0 Å². The van der Waals surface area contributed by atoms with Crippen LogP contribution in [0.1, 0.15) is 22.3 Å². The molecule has 0 saturated carbocycles. The summed E-state index contributed by atoms with van der Waals surface area (Å²) in [6, 6.07) is 12.4. The molecule has 4 nitrogen and oxygen atoms in total. The van der Waals surface area contributed by atoms with E-state index in [1.165, 1.54) is 24.3 Å². The van der Waals surface area contributed by atoms with Gasteiger partial charge in [-0.3, -0.25) is 4.79 Å². The predicted molar refractivity (Wildman–Crippen MR) is 81.2 cm³/mol. The molecule has 0 fully saturated rings. The standard InChI is InChI=1S/C17H12F4N2O2/c18-13-9-5-4-8-12(13)15(24)23-16(25,17(19,20)21)10-14(22-23)11-6-2-1-3-7-11/h1-9,25H,10H2. The van der Waals surface area contributed by atoms with E-state index < -0.39 is 35.6 Å². The van der Waals surface area contributed by atoms with Crippen LogP contribution in [0, 0.1) is 5.82 Å². The average molecular weight is 352 g/mol. The molecule has 2 aromatic carbocycles. The number of hydrazone groups is 1. The van der Waals surface area contributed by atoms with Gasteiger partial charge in [-0.05, 0) is 17.7 Å². The second kappa shape index (κ2) is 5.96. The Morgan fingerprint density at radius 1 is 1.08 bits per heavy atom. The van der Waals surface area contributed by atoms with E-state index in [2.05, 4.69) is 5.10 Å². The first-order valence-corrected chi connectivity index (χ1v) is 7.25. The lowest BCUT2D eigenvalue weighted by atomic mass is 10.0. The molecule has 0 aromatic heterocycles. The van der Waals surface area contributed by atoms with Gasteiger partial charge in [-0.1, -0.05) is 42.5 Å². The molecule has 1 N–H and O–H groups in total. The summed E-state index contributed by atoms with van der Waals surface area (Å²) in [4.78, 5) is 12.4. The number of hydrogen-bond acceptors (Lipinski definition) is 3. The fourth-order valence-electron chi connectivity index (χ4n) is 2.52. The first kappa shape index (κ1) is 17.1. The van der Waals surface area contributed by atoms with E-state index in [1.807, 2.05) is 0 Å². The lowest BCUT2D eigenvalue weighted by Gasteiger charge is -2.32. The van der Waals surface area contributed by atoms with Crippen LogP contribution < -0.4 is 0 Å². The van der Waals surface area contributed by atoms with Gasteiger partial charge >= 0.3 is 6.18 Å². The van der Waals surface area contributed by atoms with Gasteiger partial charge in [-0.25, -0.2) is 4.39 Å². The van der Waals surface area contributed by atoms with E-state index in [4.69, 9.17) is 0 Å². The van der Waals surface area contributed by atoms with Crippen molar-refractivity contribution in [1.82, 2.24) is 5.01 Å². The average Bonchev–Trinajstić information content (AvgIpc) is 2.94. The number of halogens is 4. The highest BCUT2D eigenvalue weighted by Crippen LogP contribution is 2.42. The van der Waals surface area contributed by atoms with Gasteiger partial charge in [0.25, 0.3) is 11.6 Å². The molecule has 8 heteroatoms. The number of carbonyl (C=O) groups is 1. The molecule has 2 aromatic rings. The Morgan fingerprint density at radius 2 is 1.68 bits per heavy atom. The summed E-state index contributed by atoms with van der Waals surface area (Å²) in [5.41, 5.74) is -3.94. The Hall–Kier alpha value is -2.74. The number of alkyl halides is 3. The highest BCUT2D eigenvalue weighted by Gasteiger charge is 2.63. The fourth-order valence-corrected chi connectivity index (χ4v) is 2.52. The molecule has 0 saturated heterocycles. The van der Waals surface area contributed by atoms with Crippen molar-refractivity contribution in [3.05, 3.63) is 71.5 Å². The molecule has 0 bridgehead atoms. The fraction of sp³-hybridized carbons (Fsp3) is 0.176. The van der Waals surface area contributed by atoms with Crippen molar-refractivity contribution in [2.24, 2.45) is 5.10 Å². The van der Waals surface area contributed by atoms with Crippen LogP contribution in [-0.2, 0) is 0 Å². The second-order valence-electron chi connectivity index (χ2n) is 5.50. The SMILES string of the molecule is O=C(c1ccccc1F)N1N=C(c2ccccc2)CC1(O)C(F)(F)F. The quantitative estimate of drug-likeness (QED) is 0.843. The summed E-state index contributed by atoms with van der Waals surface area (Å²) in [6.07, 6.45) is -6.12. The summed E-state index contributed by atoms with van der Waals surface area (Å²) in [7, 11) is 0. The Bertz CT molecular complexity index is 836. The number of nitrogens with zero attached hydrogens (tertiary/aromatic N) is 2. The topological polar surface area (TPSA) is 52.9 Å². The van der Waals surface area contributed by atoms with Gasteiger partial charge in [-0.15, -0.1) is 0 Å². The van der Waals surface area contributed by atoms with E-state index in [1.54, 1.807) is 18.2 Å². The van der Waals surface area contributed by atoms with E-state index in [-0.39, 0.29) is 10.7 Å². The van der Waals surface area contributed by atoms with Gasteiger partial charge < -0.3 is 5.11 Å². The number of hydrogen-bond donors (Lipinski definition) is 1. The van der Waals surface area contributed by atoms with Crippen LogP contribution in [0.2, 0.25) is 0 Å². The van der Waals surface area contributed by atoms with Gasteiger partial charge in [-0.2, -0.15) is 23.3 Å². The number of aliphatic hydroxyl groups is 1. The van der Waals surface area contributed by atoms with Crippen LogP contribution in [-0.4, -0.2) is 33.6 Å². The third kappa shape index (κ3) is 2.89. The molecule has 1 aliphatic heterocycles. The largest absolute Gasteiger partial charge is 0.438 e. The summed E-state index contributed by atoms with van der Waals surface area (Å²) in [5, 5.41) is 13.8. The maximum Gasteiger partial charge on any atom is 0.438 e. The number of rotatable bonds is 2. The van der Waals surface area contributed by atoms with Crippen LogP contribution in [0.25, 0.3) is 0 Å². The van der Waals surface area contributed by atoms with E-state index in [9.17, 15) is 27.5 Å². The maximum atomic E-state index is 13.8. The molecule has 130 valence electrons. The van der Waals surface area contributed by atoms with Crippen LogP contribution in [0.15, 0.2) is 59.7 Å². The van der Waals surface area contributed by atoms with E-state index in [0.717, 1.165) is 12.1 Å². The van der Waals surface area contributed by atoms with Crippen molar-refractivity contribution in [3.63, 3.8) is 0 Å². The van der Waals surface area contributed by atoms with Crippen molar-refractivity contribution in [2.45, 2.75) is 18.3 Å². The third-order valence-electron chi connectivity index (χ3n) is 3.84. The summed E-state index contributed by atoms with van der Waals surface area (Å²) in [6.45, 7) is 0. The van der Waals surface area contributed by atoms with Crippen LogP contribution in [0.3, 0.4) is 0 Å². The molecule has 0 aliphatic carbocycles. The molecule has 3 rings (SSSR count). The minimum atomic E-state index is -5.17. The molecule has 1 amide bonds. The van der Waals surface area contributed by atoms with Crippen molar-refractivity contribution in [2.75, 3.05) is 0 Å². The number of amides is 1. The van der Waals surface area contributed by atoms with Gasteiger partial charge in [0.1, 0.15) is 5.82 Å². The molecule has 1 aliphatic rings. The molecule has 0 spiro atoms. The summed E-state index contributed by atoms with van der Waals surface area (Å²) in [5.74, 6) is -2.37. The Balaban J connectivity index is 2.08. The smallest absolute Gasteiger partial charge is 0.362 e. The van der Waals surface area contributed by atoms with Gasteiger partial charge in [0.2, 0.25) is 0 Å². The highest BCUT2D eigenvalue weighted by molar-refractivity contribution is 6.05. The lowest BCUT2D eigenvalue weighted by Crippen LogP contribution is -2.56. The summed E-state index contributed by atoms with van der Waals surface area (Å²) < 4.78 is 54.2. The highest BCUT2D eigenvalue weighted by atomic mass is 19.4. The number of benzene rings is 2. The van der Waals surface area contributed by atoms with Gasteiger partial charge in [0.15, 0.2) is 0 Å². The first-order chi connectivity index (χ1) is 11.7. The van der Waals surface area contributed by atoms with Crippen LogP contribution >= 0.6 is 0 Å². The summed E-state index contributed by atoms with van der Waals surface area (Å²) >= 11 is 0. The third-order valence-corrected chi connectivity index (χ3v) is 3.84. The molecule has 1 atom stereocenters. The van der Waals surface area contributed by atoms with Crippen molar-refractivity contribution in [1.29, 1.82) is 0 Å². The zero-order valence-electron chi connectivity index (χ0n) is 12.7. The number of carbonyl (C=O) groups excluding carboxylic acids is 1. The maximum absolute atomic E-state index is 13.8. The van der Waals surface area contributed by atoms with E-state index in [0.29, 0.717) is 5.56 Å². The Labute approximate surface area is 140 Å². The minimum absolute atomic E-state index is 0.0895. The second-order valence-corrected chi connectivity index (χ2v) is 5.50. The van der Waals surface area contributed by atoms with E-state index >= 15 is 0 Å². The first-order valence-electron chi connectivity index (χ1n) is 7.25. The van der Waals surface area contributed by atoms with Gasteiger partial charge in [0.05, 0.1) is 17.7 Å². The van der Waals surface area contributed by atoms with Crippen molar-refractivity contribution >= 4 is 11.6 Å². The zero-order chi connectivity index (χ0) is 18.2. The minimum Gasteiger partial charge on any atom is -0.362 e. The molecule has 1 heterocycles. The van der Waals surface area contributed by atoms with Crippen molar-refractivity contribution in [3.8, 4) is 0 Å². The Kier molecular flexibility index (Phi) is 4.08. The van der Waals surface area contributed by atoms with Gasteiger partial charge in [0, 0.05) is 0 Å². The molecule has 0 radical (unpaired) electrons. The predicted octanol–water partition coefficient (Wildman–Crippen LogP) is 3.33. The van der Waals surface area contributed by atoms with Crippen molar-refractivity contribution < 1.29 is 27.5 Å². The lowest BCUT2D eigenvalue weighted by molar-refractivity contribution is -0.297. The normalized spacial score (nSPS) is 20.5. The molecule has 25 heavy (non-hydrogen) atoms.